The topological polar surface area (TPSA) is 55.6 Å². The van der Waals surface area contributed by atoms with E-state index < -0.39 is 0 Å². The summed E-state index contributed by atoms with van der Waals surface area (Å²) >= 11 is 5.86. The van der Waals surface area contributed by atoms with E-state index in [1.54, 1.807) is 0 Å². The number of piperidine rings is 1. The molecule has 0 spiro atoms. The number of nitrogens with zero attached hydrogens (tertiary/aromatic N) is 1. The monoisotopic (exact) mass is 360 g/mol. The number of ether oxygens (including phenoxy) is 1. The fraction of sp³-hybridized carbons (Fsp3) is 0.588. The van der Waals surface area contributed by atoms with Crippen molar-refractivity contribution in [2.24, 2.45) is 5.73 Å². The number of halogens is 2. The predicted octanol–water partition coefficient (Wildman–Crippen LogP) is 3.05. The average Bonchev–Trinajstić information content (AvgIpc) is 2.55. The van der Waals surface area contributed by atoms with Crippen molar-refractivity contribution in [3.05, 3.63) is 34.9 Å². The highest BCUT2D eigenvalue weighted by molar-refractivity contribution is 6.30. The molecule has 1 amide bonds. The maximum atomic E-state index is 12.2. The van der Waals surface area contributed by atoms with Crippen molar-refractivity contribution in [2.75, 3.05) is 26.2 Å². The Kier molecular flexibility index (Phi) is 9.56. The van der Waals surface area contributed by atoms with Gasteiger partial charge in [0.15, 0.2) is 0 Å². The molecule has 2 N–H and O–H groups in total. The number of aryl methyl sites for hydroxylation is 1. The van der Waals surface area contributed by atoms with Gasteiger partial charge in [0.25, 0.3) is 0 Å². The largest absolute Gasteiger partial charge is 0.378 e. The highest BCUT2D eigenvalue weighted by atomic mass is 35.5. The first kappa shape index (κ1) is 20.2. The fourth-order valence-electron chi connectivity index (χ4n) is 2.67. The van der Waals surface area contributed by atoms with E-state index in [-0.39, 0.29) is 24.4 Å². The van der Waals surface area contributed by atoms with Gasteiger partial charge in [-0.1, -0.05) is 23.7 Å². The third-order valence-electron chi connectivity index (χ3n) is 4.04. The third-order valence-corrected chi connectivity index (χ3v) is 4.29. The van der Waals surface area contributed by atoms with Crippen LogP contribution in [0.5, 0.6) is 0 Å². The van der Waals surface area contributed by atoms with Crippen LogP contribution in [0.3, 0.4) is 0 Å². The number of carbonyl (C=O) groups is 1. The lowest BCUT2D eigenvalue weighted by atomic mass is 10.1. The van der Waals surface area contributed by atoms with Crippen LogP contribution in [0, 0.1) is 0 Å². The van der Waals surface area contributed by atoms with Crippen LogP contribution in [-0.2, 0) is 16.0 Å². The van der Waals surface area contributed by atoms with Crippen molar-refractivity contribution in [2.45, 2.75) is 38.2 Å². The Labute approximate surface area is 149 Å². The van der Waals surface area contributed by atoms with E-state index in [1.807, 2.05) is 29.2 Å². The van der Waals surface area contributed by atoms with Crippen LogP contribution in [0.1, 0.15) is 31.2 Å². The van der Waals surface area contributed by atoms with Crippen LogP contribution in [0.25, 0.3) is 0 Å². The van der Waals surface area contributed by atoms with Crippen molar-refractivity contribution in [3.63, 3.8) is 0 Å². The number of benzene rings is 1. The van der Waals surface area contributed by atoms with Crippen molar-refractivity contribution < 1.29 is 9.53 Å². The molecule has 0 unspecified atom stereocenters. The van der Waals surface area contributed by atoms with Crippen LogP contribution in [0.2, 0.25) is 5.02 Å². The normalized spacial score (nSPS) is 15.3. The molecule has 0 saturated carbocycles. The van der Waals surface area contributed by atoms with Crippen molar-refractivity contribution in [1.82, 2.24) is 4.90 Å². The van der Waals surface area contributed by atoms with Crippen molar-refractivity contribution in [3.8, 4) is 0 Å². The highest BCUT2D eigenvalue weighted by Gasteiger charge is 2.22. The van der Waals surface area contributed by atoms with Gasteiger partial charge in [-0.05, 0) is 49.9 Å². The lowest BCUT2D eigenvalue weighted by Gasteiger charge is -2.32. The van der Waals surface area contributed by atoms with Gasteiger partial charge in [0, 0.05) is 31.1 Å². The molecular weight excluding hydrogens is 335 g/mol. The maximum Gasteiger partial charge on any atom is 0.222 e. The molecule has 1 heterocycles. The average molecular weight is 361 g/mol. The van der Waals surface area contributed by atoms with Crippen LogP contribution >= 0.6 is 24.0 Å². The molecule has 0 aliphatic carbocycles. The van der Waals surface area contributed by atoms with E-state index in [0.29, 0.717) is 13.0 Å². The van der Waals surface area contributed by atoms with Gasteiger partial charge in [-0.25, -0.2) is 0 Å². The molecule has 23 heavy (non-hydrogen) atoms. The van der Waals surface area contributed by atoms with Gasteiger partial charge in [-0.15, -0.1) is 12.4 Å². The molecule has 1 aromatic rings. The van der Waals surface area contributed by atoms with E-state index in [1.165, 1.54) is 0 Å². The van der Waals surface area contributed by atoms with Crippen molar-refractivity contribution >= 4 is 29.9 Å². The number of hydrogen-bond donors (Lipinski definition) is 1. The molecule has 6 heteroatoms. The minimum atomic E-state index is 0. The summed E-state index contributed by atoms with van der Waals surface area (Å²) in [5, 5.41) is 0.729. The molecule has 2 rings (SSSR count). The summed E-state index contributed by atoms with van der Waals surface area (Å²) < 4.78 is 5.76. The van der Waals surface area contributed by atoms with Gasteiger partial charge in [-0.2, -0.15) is 0 Å². The Balaban J connectivity index is 0.00000264. The third kappa shape index (κ3) is 7.08. The predicted molar refractivity (Wildman–Crippen MR) is 96.2 cm³/mol. The molecule has 4 nitrogen and oxygen atoms in total. The van der Waals surface area contributed by atoms with Crippen LogP contribution in [0.15, 0.2) is 24.3 Å². The lowest BCUT2D eigenvalue weighted by Crippen LogP contribution is -2.41. The second-order valence-electron chi connectivity index (χ2n) is 5.72. The number of nitrogens with two attached hydrogens (primary N) is 1. The Morgan fingerprint density at radius 3 is 2.52 bits per heavy atom. The quantitative estimate of drug-likeness (QED) is 0.760. The van der Waals surface area contributed by atoms with Gasteiger partial charge >= 0.3 is 0 Å². The molecule has 130 valence electrons. The minimum absolute atomic E-state index is 0. The molecule has 1 aromatic carbocycles. The summed E-state index contributed by atoms with van der Waals surface area (Å²) in [5.41, 5.74) is 6.61. The second-order valence-corrected chi connectivity index (χ2v) is 6.16. The Bertz CT molecular complexity index is 460. The smallest absolute Gasteiger partial charge is 0.222 e. The molecule has 0 aromatic heterocycles. The Morgan fingerprint density at radius 2 is 1.91 bits per heavy atom. The van der Waals surface area contributed by atoms with Crippen LogP contribution in [0.4, 0.5) is 0 Å². The first-order chi connectivity index (χ1) is 10.7. The number of rotatable bonds is 7. The first-order valence-corrected chi connectivity index (χ1v) is 8.40. The van der Waals surface area contributed by atoms with Gasteiger partial charge in [0.1, 0.15) is 0 Å². The van der Waals surface area contributed by atoms with Gasteiger partial charge < -0.3 is 15.4 Å². The molecule has 1 saturated heterocycles. The number of likely N-dealkylation sites (tertiary alicyclic amines) is 1. The highest BCUT2D eigenvalue weighted by Crippen LogP contribution is 2.16. The molecule has 1 aliphatic heterocycles. The SMILES string of the molecule is Cl.NCCCOC1CCN(C(=O)CCc2ccc(Cl)cc2)CC1. The van der Waals surface area contributed by atoms with E-state index in [2.05, 4.69) is 0 Å². The summed E-state index contributed by atoms with van der Waals surface area (Å²) in [7, 11) is 0. The molecular formula is C17H26Cl2N2O2. The number of hydrogen-bond acceptors (Lipinski definition) is 3. The van der Waals surface area contributed by atoms with Gasteiger partial charge in [0.2, 0.25) is 5.91 Å². The summed E-state index contributed by atoms with van der Waals surface area (Å²) in [6, 6.07) is 7.69. The lowest BCUT2D eigenvalue weighted by molar-refractivity contribution is -0.133. The minimum Gasteiger partial charge on any atom is -0.378 e. The van der Waals surface area contributed by atoms with Crippen molar-refractivity contribution in [1.29, 1.82) is 0 Å². The van der Waals surface area contributed by atoms with Gasteiger partial charge in [-0.3, -0.25) is 4.79 Å². The van der Waals surface area contributed by atoms with E-state index >= 15 is 0 Å². The van der Waals surface area contributed by atoms with E-state index in [4.69, 9.17) is 22.1 Å². The zero-order valence-corrected chi connectivity index (χ0v) is 15.0. The maximum absolute atomic E-state index is 12.2. The van der Waals surface area contributed by atoms with Crippen LogP contribution < -0.4 is 5.73 Å². The number of amides is 1. The number of carbonyl (C=O) groups excluding carboxylic acids is 1. The zero-order valence-electron chi connectivity index (χ0n) is 13.4. The fourth-order valence-corrected chi connectivity index (χ4v) is 2.79. The van der Waals surface area contributed by atoms with E-state index in [0.717, 1.165) is 56.0 Å². The second kappa shape index (κ2) is 10.9. The summed E-state index contributed by atoms with van der Waals surface area (Å²) in [5.74, 6) is 0.232. The summed E-state index contributed by atoms with van der Waals surface area (Å²) in [6.07, 6.45) is 4.37. The molecule has 0 radical (unpaired) electrons. The Morgan fingerprint density at radius 1 is 1.26 bits per heavy atom. The standard InChI is InChI=1S/C17H25ClN2O2.ClH/c18-15-5-2-14(3-6-15)4-7-17(21)20-11-8-16(9-12-20)22-13-1-10-19;/h2-3,5-6,16H,1,4,7-13,19H2;1H. The zero-order chi connectivity index (χ0) is 15.8. The Hall–Kier alpha value is -0.810. The first-order valence-electron chi connectivity index (χ1n) is 8.03. The molecule has 1 fully saturated rings. The van der Waals surface area contributed by atoms with Crippen LogP contribution in [-0.4, -0.2) is 43.2 Å². The van der Waals surface area contributed by atoms with E-state index in [9.17, 15) is 4.79 Å². The molecule has 0 bridgehead atoms. The summed E-state index contributed by atoms with van der Waals surface area (Å²) in [6.45, 7) is 2.99. The molecule has 1 aliphatic rings. The summed E-state index contributed by atoms with van der Waals surface area (Å²) in [4.78, 5) is 14.2. The molecule has 0 atom stereocenters. The van der Waals surface area contributed by atoms with Gasteiger partial charge in [0.05, 0.1) is 6.10 Å².